The number of carbonyl (C=O) groups excluding carboxylic acids is 1. The Bertz CT molecular complexity index is 763. The van der Waals surface area contributed by atoms with Gasteiger partial charge >= 0.3 is 5.97 Å². The summed E-state index contributed by atoms with van der Waals surface area (Å²) in [7, 11) is 4.48. The summed E-state index contributed by atoms with van der Waals surface area (Å²) in [5.41, 5.74) is -0.720. The topological polar surface area (TPSA) is 46.5 Å². The van der Waals surface area contributed by atoms with Crippen molar-refractivity contribution >= 4 is 5.97 Å². The SMILES string of the molecule is C[N+]1(C)C2CCCC1[C@H](OC(=O)C(O)(c1ccccc1)c1ccccc1)C2. The van der Waals surface area contributed by atoms with Crippen LogP contribution in [0.1, 0.15) is 36.8 Å². The largest absolute Gasteiger partial charge is 0.453 e. The number of fused-ring (bicyclic) bond motifs is 2. The second kappa shape index (κ2) is 6.77. The molecule has 0 spiro atoms. The first-order valence-corrected chi connectivity index (χ1v) is 9.82. The van der Waals surface area contributed by atoms with E-state index in [0.717, 1.165) is 17.3 Å². The zero-order valence-corrected chi connectivity index (χ0v) is 16.0. The van der Waals surface area contributed by atoms with Gasteiger partial charge in [-0.05, 0) is 24.0 Å². The molecule has 2 bridgehead atoms. The van der Waals surface area contributed by atoms with Gasteiger partial charge in [0.2, 0.25) is 5.60 Å². The van der Waals surface area contributed by atoms with E-state index in [2.05, 4.69) is 14.1 Å². The van der Waals surface area contributed by atoms with Crippen molar-refractivity contribution in [2.24, 2.45) is 0 Å². The highest BCUT2D eigenvalue weighted by atomic mass is 16.6. The third kappa shape index (κ3) is 2.97. The summed E-state index contributed by atoms with van der Waals surface area (Å²) in [6.07, 6.45) is 4.17. The molecular weight excluding hydrogens is 338 g/mol. The molecule has 2 aliphatic rings. The van der Waals surface area contributed by atoms with Crippen molar-refractivity contribution in [1.29, 1.82) is 0 Å². The predicted molar refractivity (Wildman–Crippen MR) is 104 cm³/mol. The molecule has 2 aromatic carbocycles. The fourth-order valence-corrected chi connectivity index (χ4v) is 5.04. The van der Waals surface area contributed by atoms with E-state index in [1.807, 2.05) is 36.4 Å². The van der Waals surface area contributed by atoms with Crippen LogP contribution >= 0.6 is 0 Å². The van der Waals surface area contributed by atoms with Crippen molar-refractivity contribution in [2.75, 3.05) is 14.1 Å². The second-order valence-electron chi connectivity index (χ2n) is 8.40. The van der Waals surface area contributed by atoms with E-state index in [4.69, 9.17) is 4.74 Å². The van der Waals surface area contributed by atoms with Gasteiger partial charge in [-0.2, -0.15) is 0 Å². The molecule has 142 valence electrons. The zero-order chi connectivity index (χ0) is 19.1. The number of rotatable bonds is 4. The lowest BCUT2D eigenvalue weighted by atomic mass is 9.86. The number of carbonyl (C=O) groups is 1. The Hall–Kier alpha value is -2.17. The molecule has 0 aromatic heterocycles. The van der Waals surface area contributed by atoms with Crippen molar-refractivity contribution in [2.45, 2.75) is 49.5 Å². The highest BCUT2D eigenvalue weighted by Crippen LogP contribution is 2.42. The highest BCUT2D eigenvalue weighted by molar-refractivity contribution is 5.85. The Morgan fingerprint density at radius 3 is 2.07 bits per heavy atom. The molecule has 27 heavy (non-hydrogen) atoms. The number of benzene rings is 2. The summed E-state index contributed by atoms with van der Waals surface area (Å²) >= 11 is 0. The predicted octanol–water partition coefficient (Wildman–Crippen LogP) is 3.24. The van der Waals surface area contributed by atoms with Gasteiger partial charge < -0.3 is 14.3 Å². The summed E-state index contributed by atoms with van der Waals surface area (Å²) in [4.78, 5) is 13.3. The minimum atomic E-state index is -1.80. The van der Waals surface area contributed by atoms with E-state index in [1.165, 1.54) is 12.8 Å². The van der Waals surface area contributed by atoms with Crippen LogP contribution in [0.4, 0.5) is 0 Å². The number of nitrogens with zero attached hydrogens (tertiary/aromatic N) is 1. The maximum absolute atomic E-state index is 13.3. The maximum atomic E-state index is 13.3. The van der Waals surface area contributed by atoms with Gasteiger partial charge in [0.1, 0.15) is 6.04 Å². The Labute approximate surface area is 161 Å². The maximum Gasteiger partial charge on any atom is 0.348 e. The molecule has 2 heterocycles. The van der Waals surface area contributed by atoms with Gasteiger partial charge in [0.25, 0.3) is 0 Å². The molecular formula is C23H28NO3+. The first kappa shape index (κ1) is 18.2. The van der Waals surface area contributed by atoms with Crippen molar-refractivity contribution in [3.63, 3.8) is 0 Å². The van der Waals surface area contributed by atoms with Crippen LogP contribution in [0.3, 0.4) is 0 Å². The molecule has 2 aromatic rings. The molecule has 1 N–H and O–H groups in total. The van der Waals surface area contributed by atoms with E-state index in [1.54, 1.807) is 24.3 Å². The fraction of sp³-hybridized carbons (Fsp3) is 0.435. The zero-order valence-electron chi connectivity index (χ0n) is 16.0. The van der Waals surface area contributed by atoms with Crippen molar-refractivity contribution in [1.82, 2.24) is 0 Å². The number of quaternary nitrogens is 1. The van der Waals surface area contributed by atoms with Crippen LogP contribution < -0.4 is 0 Å². The van der Waals surface area contributed by atoms with E-state index in [-0.39, 0.29) is 6.10 Å². The Morgan fingerprint density at radius 2 is 1.56 bits per heavy atom. The minimum absolute atomic E-state index is 0.140. The van der Waals surface area contributed by atoms with Gasteiger partial charge in [-0.15, -0.1) is 0 Å². The molecule has 2 aliphatic heterocycles. The monoisotopic (exact) mass is 366 g/mol. The number of likely N-dealkylation sites (N-methyl/N-ethyl adjacent to an activating group) is 1. The molecule has 2 saturated heterocycles. The lowest BCUT2D eigenvalue weighted by Gasteiger charge is -2.41. The van der Waals surface area contributed by atoms with Gasteiger partial charge in [-0.3, -0.25) is 0 Å². The third-order valence-corrected chi connectivity index (χ3v) is 6.70. The van der Waals surface area contributed by atoms with E-state index >= 15 is 0 Å². The summed E-state index contributed by atoms with van der Waals surface area (Å²) < 4.78 is 6.94. The molecule has 2 fully saturated rings. The summed E-state index contributed by atoms with van der Waals surface area (Å²) in [5, 5.41) is 11.6. The average molecular weight is 366 g/mol. The number of hydrogen-bond donors (Lipinski definition) is 1. The molecule has 2 unspecified atom stereocenters. The number of hydrogen-bond acceptors (Lipinski definition) is 3. The molecule has 0 saturated carbocycles. The van der Waals surface area contributed by atoms with E-state index in [0.29, 0.717) is 23.2 Å². The van der Waals surface area contributed by atoms with Crippen molar-refractivity contribution < 1.29 is 19.1 Å². The van der Waals surface area contributed by atoms with E-state index < -0.39 is 11.6 Å². The third-order valence-electron chi connectivity index (χ3n) is 6.70. The number of ether oxygens (including phenoxy) is 1. The van der Waals surface area contributed by atoms with E-state index in [9.17, 15) is 9.90 Å². The fourth-order valence-electron chi connectivity index (χ4n) is 5.04. The average Bonchev–Trinajstić information content (AvgIpc) is 2.83. The standard InChI is InChI=1S/C23H28NO3/c1-24(2)19-14-9-15-20(24)21(16-19)27-22(25)23(26,17-10-5-3-6-11-17)18-12-7-4-8-13-18/h3-8,10-13,19-21,26H,9,14-16H2,1-2H3/q+1/t19?,20?,21-/m1/s1. The summed E-state index contributed by atoms with van der Waals surface area (Å²) in [6, 6.07) is 19.0. The Morgan fingerprint density at radius 1 is 1.00 bits per heavy atom. The van der Waals surface area contributed by atoms with Crippen LogP contribution in [0.25, 0.3) is 0 Å². The van der Waals surface area contributed by atoms with Crippen LogP contribution in [-0.2, 0) is 15.1 Å². The van der Waals surface area contributed by atoms with Gasteiger partial charge in [-0.1, -0.05) is 60.7 Å². The number of piperidine rings is 1. The van der Waals surface area contributed by atoms with Crippen molar-refractivity contribution in [3.05, 3.63) is 71.8 Å². The van der Waals surface area contributed by atoms with Gasteiger partial charge in [-0.25, -0.2) is 4.79 Å². The number of aliphatic hydroxyl groups is 1. The van der Waals surface area contributed by atoms with Crippen molar-refractivity contribution in [3.8, 4) is 0 Å². The first-order valence-electron chi connectivity index (χ1n) is 9.82. The quantitative estimate of drug-likeness (QED) is 0.667. The molecule has 0 radical (unpaired) electrons. The van der Waals surface area contributed by atoms with Gasteiger partial charge in [0, 0.05) is 12.8 Å². The Balaban J connectivity index is 1.67. The van der Waals surface area contributed by atoms with Crippen LogP contribution in [0.2, 0.25) is 0 Å². The van der Waals surface area contributed by atoms with Crippen LogP contribution in [0.15, 0.2) is 60.7 Å². The lowest BCUT2D eigenvalue weighted by Crippen LogP contribution is -2.55. The minimum Gasteiger partial charge on any atom is -0.453 e. The van der Waals surface area contributed by atoms with Gasteiger partial charge in [0.15, 0.2) is 6.10 Å². The summed E-state index contributed by atoms with van der Waals surface area (Å²) in [5.74, 6) is -0.572. The van der Waals surface area contributed by atoms with Crippen LogP contribution in [0, 0.1) is 0 Å². The van der Waals surface area contributed by atoms with Crippen LogP contribution in [-0.4, -0.2) is 47.8 Å². The number of esters is 1. The normalized spacial score (nSPS) is 26.6. The molecule has 4 heteroatoms. The van der Waals surface area contributed by atoms with Crippen LogP contribution in [0.5, 0.6) is 0 Å². The molecule has 4 rings (SSSR count). The molecule has 4 nitrogen and oxygen atoms in total. The Kier molecular flexibility index (Phi) is 4.57. The first-order chi connectivity index (χ1) is 12.9. The second-order valence-corrected chi connectivity index (χ2v) is 8.40. The smallest absolute Gasteiger partial charge is 0.348 e. The highest BCUT2D eigenvalue weighted by Gasteiger charge is 2.55. The lowest BCUT2D eigenvalue weighted by molar-refractivity contribution is -0.931. The van der Waals surface area contributed by atoms with Gasteiger partial charge in [0.05, 0.1) is 20.1 Å². The molecule has 0 aliphatic carbocycles. The molecule has 3 atom stereocenters. The summed E-state index contributed by atoms with van der Waals surface area (Å²) in [6.45, 7) is 0. The molecule has 0 amide bonds.